The number of nitrogens with one attached hydrogen (secondary N) is 1. The number of hydrogen-bond acceptors (Lipinski definition) is 4. The van der Waals surface area contributed by atoms with Crippen LogP contribution in [0.1, 0.15) is 47.9 Å². The van der Waals surface area contributed by atoms with Crippen molar-refractivity contribution >= 4 is 17.2 Å². The number of rotatable bonds is 6. The number of amides is 1. The van der Waals surface area contributed by atoms with Crippen LogP contribution in [0.15, 0.2) is 17.8 Å². The van der Waals surface area contributed by atoms with Gasteiger partial charge in [-0.2, -0.15) is 0 Å². The molecule has 0 aliphatic rings. The van der Waals surface area contributed by atoms with Crippen LogP contribution < -0.4 is 5.32 Å². The molecule has 0 fully saturated rings. The molecule has 2 aromatic rings. The first-order valence-electron chi connectivity index (χ1n) is 6.85. The Balaban J connectivity index is 1.86. The van der Waals surface area contributed by atoms with Gasteiger partial charge in [-0.25, -0.2) is 0 Å². The van der Waals surface area contributed by atoms with Crippen LogP contribution in [0, 0.1) is 0 Å². The third-order valence-electron chi connectivity index (χ3n) is 3.10. The smallest absolute Gasteiger partial charge is 0.252 e. The number of thiophene rings is 1. The van der Waals surface area contributed by atoms with Gasteiger partial charge in [0.1, 0.15) is 12.2 Å². The average Bonchev–Trinajstić information content (AvgIpc) is 3.07. The summed E-state index contributed by atoms with van der Waals surface area (Å²) >= 11 is 1.63. The van der Waals surface area contributed by atoms with Crippen LogP contribution >= 0.6 is 11.3 Å². The molecule has 20 heavy (non-hydrogen) atoms. The van der Waals surface area contributed by atoms with Gasteiger partial charge in [0.2, 0.25) is 0 Å². The number of carbonyl (C=O) groups excluding carboxylic acids is 1. The van der Waals surface area contributed by atoms with Gasteiger partial charge in [-0.15, -0.1) is 21.5 Å². The van der Waals surface area contributed by atoms with E-state index in [4.69, 9.17) is 0 Å². The molecule has 5 nitrogen and oxygen atoms in total. The molecule has 1 amide bonds. The minimum atomic E-state index is -0.0171. The largest absolute Gasteiger partial charge is 0.352 e. The molecule has 0 unspecified atom stereocenters. The van der Waals surface area contributed by atoms with E-state index in [0.29, 0.717) is 19.0 Å². The first kappa shape index (κ1) is 14.7. The summed E-state index contributed by atoms with van der Waals surface area (Å²) in [5.41, 5.74) is 0.747. The van der Waals surface area contributed by atoms with Crippen molar-refractivity contribution in [3.8, 4) is 0 Å². The Hall–Kier alpha value is -1.69. The highest BCUT2D eigenvalue weighted by molar-refractivity contribution is 7.10. The van der Waals surface area contributed by atoms with Crippen molar-refractivity contribution in [1.82, 2.24) is 20.1 Å². The monoisotopic (exact) mass is 292 g/mol. The topological polar surface area (TPSA) is 59.8 Å². The van der Waals surface area contributed by atoms with E-state index < -0.39 is 0 Å². The van der Waals surface area contributed by atoms with Gasteiger partial charge in [-0.3, -0.25) is 4.79 Å². The van der Waals surface area contributed by atoms with Gasteiger partial charge in [0.15, 0.2) is 0 Å². The third kappa shape index (κ3) is 3.45. The summed E-state index contributed by atoms with van der Waals surface area (Å²) in [6.45, 7) is 6.83. The molecule has 2 aromatic heterocycles. The molecule has 6 heteroatoms. The number of nitrogens with zero attached hydrogens (tertiary/aromatic N) is 3. The first-order valence-corrected chi connectivity index (χ1v) is 7.73. The Morgan fingerprint density at radius 2 is 2.30 bits per heavy atom. The first-order chi connectivity index (χ1) is 9.61. The lowest BCUT2D eigenvalue weighted by Crippen LogP contribution is -2.26. The molecule has 0 aliphatic carbocycles. The molecule has 0 bridgehead atoms. The van der Waals surface area contributed by atoms with Crippen molar-refractivity contribution in [3.63, 3.8) is 0 Å². The van der Waals surface area contributed by atoms with E-state index in [1.807, 2.05) is 16.0 Å². The van der Waals surface area contributed by atoms with E-state index >= 15 is 0 Å². The van der Waals surface area contributed by atoms with Crippen molar-refractivity contribution in [1.29, 1.82) is 0 Å². The van der Waals surface area contributed by atoms with Crippen LogP contribution in [-0.2, 0) is 12.8 Å². The van der Waals surface area contributed by atoms with Crippen molar-refractivity contribution < 1.29 is 4.79 Å². The maximum atomic E-state index is 12.0. The van der Waals surface area contributed by atoms with Crippen molar-refractivity contribution in [3.05, 3.63) is 34.0 Å². The molecule has 0 radical (unpaired) electrons. The lowest BCUT2D eigenvalue weighted by atomic mass is 10.2. The summed E-state index contributed by atoms with van der Waals surface area (Å²) in [5.74, 6) is 0.886. The summed E-state index contributed by atoms with van der Waals surface area (Å²) in [4.78, 5) is 13.2. The molecule has 1 N–H and O–H groups in total. The highest BCUT2D eigenvalue weighted by Gasteiger charge is 2.10. The lowest BCUT2D eigenvalue weighted by molar-refractivity contribution is 0.0954. The number of aromatic nitrogens is 3. The van der Waals surface area contributed by atoms with Crippen LogP contribution in [0.3, 0.4) is 0 Å². The zero-order valence-corrected chi connectivity index (χ0v) is 12.9. The second-order valence-electron chi connectivity index (χ2n) is 4.91. The van der Waals surface area contributed by atoms with Crippen LogP contribution in [0.5, 0.6) is 0 Å². The van der Waals surface area contributed by atoms with Crippen molar-refractivity contribution in [2.45, 2.75) is 39.7 Å². The Kier molecular flexibility index (Phi) is 4.89. The molecule has 2 heterocycles. The van der Waals surface area contributed by atoms with Crippen LogP contribution in [0.4, 0.5) is 0 Å². The minimum Gasteiger partial charge on any atom is -0.352 e. The zero-order valence-electron chi connectivity index (χ0n) is 12.1. The molecule has 108 valence electrons. The molecule has 2 rings (SSSR count). The van der Waals surface area contributed by atoms with Gasteiger partial charge in [-0.05, 0) is 26.3 Å². The van der Waals surface area contributed by atoms with Gasteiger partial charge in [-0.1, -0.05) is 6.92 Å². The van der Waals surface area contributed by atoms with Crippen molar-refractivity contribution in [2.75, 3.05) is 6.54 Å². The second-order valence-corrected chi connectivity index (χ2v) is 5.91. The Morgan fingerprint density at radius 3 is 2.95 bits per heavy atom. The maximum absolute atomic E-state index is 12.0. The van der Waals surface area contributed by atoms with E-state index in [1.165, 1.54) is 4.88 Å². The summed E-state index contributed by atoms with van der Waals surface area (Å²) in [6.07, 6.45) is 3.39. The summed E-state index contributed by atoms with van der Waals surface area (Å²) in [6, 6.07) is 2.29. The van der Waals surface area contributed by atoms with E-state index in [-0.39, 0.29) is 5.91 Å². The number of carbonyl (C=O) groups is 1. The highest BCUT2D eigenvalue weighted by Crippen LogP contribution is 2.15. The highest BCUT2D eigenvalue weighted by atomic mass is 32.1. The summed E-state index contributed by atoms with van der Waals surface area (Å²) in [7, 11) is 0. The van der Waals surface area contributed by atoms with Gasteiger partial charge in [0.05, 0.1) is 5.56 Å². The lowest BCUT2D eigenvalue weighted by Gasteiger charge is -2.10. The second kappa shape index (κ2) is 6.65. The van der Waals surface area contributed by atoms with E-state index in [9.17, 15) is 4.79 Å². The fraction of sp³-hybridized carbons (Fsp3) is 0.500. The average molecular weight is 292 g/mol. The summed E-state index contributed by atoms with van der Waals surface area (Å²) in [5, 5.41) is 12.8. The van der Waals surface area contributed by atoms with E-state index in [2.05, 4.69) is 36.3 Å². The standard InChI is InChI=1S/C14H20N4OS/c1-4-12-7-11(8-20-12)14(19)15-6-5-13-17-16-9-18(13)10(2)3/h7-10H,4-6H2,1-3H3,(H,15,19). The molecular formula is C14H20N4OS. The third-order valence-corrected chi connectivity index (χ3v) is 4.18. The van der Waals surface area contributed by atoms with Crippen LogP contribution in [-0.4, -0.2) is 27.2 Å². The van der Waals surface area contributed by atoms with E-state index in [1.54, 1.807) is 17.7 Å². The Labute approximate surface area is 123 Å². The Bertz CT molecular complexity index is 573. The molecule has 0 saturated carbocycles. The SMILES string of the molecule is CCc1cc(C(=O)NCCc2nncn2C(C)C)cs1. The predicted molar refractivity (Wildman–Crippen MR) is 80.1 cm³/mol. The molecule has 0 aliphatic heterocycles. The van der Waals surface area contributed by atoms with Gasteiger partial charge < -0.3 is 9.88 Å². The maximum Gasteiger partial charge on any atom is 0.252 e. The quantitative estimate of drug-likeness (QED) is 0.889. The summed E-state index contributed by atoms with van der Waals surface area (Å²) < 4.78 is 2.02. The molecular weight excluding hydrogens is 272 g/mol. The molecule has 0 aromatic carbocycles. The number of hydrogen-bond donors (Lipinski definition) is 1. The van der Waals surface area contributed by atoms with Gasteiger partial charge >= 0.3 is 0 Å². The van der Waals surface area contributed by atoms with Crippen LogP contribution in [0.25, 0.3) is 0 Å². The van der Waals surface area contributed by atoms with Gasteiger partial charge in [0, 0.05) is 29.3 Å². The van der Waals surface area contributed by atoms with Crippen molar-refractivity contribution in [2.24, 2.45) is 0 Å². The predicted octanol–water partition coefficient (Wildman–Crippen LogP) is 2.46. The normalized spacial score (nSPS) is 11.0. The van der Waals surface area contributed by atoms with Gasteiger partial charge in [0.25, 0.3) is 5.91 Å². The van der Waals surface area contributed by atoms with E-state index in [0.717, 1.165) is 17.8 Å². The minimum absolute atomic E-state index is 0.0171. The fourth-order valence-electron chi connectivity index (χ4n) is 1.95. The van der Waals surface area contributed by atoms with Crippen LogP contribution in [0.2, 0.25) is 0 Å². The fourth-order valence-corrected chi connectivity index (χ4v) is 2.77. The zero-order chi connectivity index (χ0) is 14.5. The Morgan fingerprint density at radius 1 is 1.50 bits per heavy atom. The molecule has 0 saturated heterocycles. The molecule has 0 spiro atoms. The molecule has 0 atom stereocenters. The number of aryl methyl sites for hydroxylation is 1.